The maximum Gasteiger partial charge on any atom is 0.435 e. The van der Waals surface area contributed by atoms with Gasteiger partial charge in [0.2, 0.25) is 0 Å². The SMILES string of the molecule is CCCn1nccc1CNCc1cn(C)nc1C(F)(F)F. The van der Waals surface area contributed by atoms with E-state index in [0.717, 1.165) is 18.7 Å². The molecule has 0 spiro atoms. The Hall–Kier alpha value is -1.83. The van der Waals surface area contributed by atoms with Crippen molar-refractivity contribution in [3.05, 3.63) is 35.4 Å². The van der Waals surface area contributed by atoms with E-state index in [2.05, 4.69) is 15.5 Å². The van der Waals surface area contributed by atoms with Crippen LogP contribution in [0.4, 0.5) is 13.2 Å². The minimum absolute atomic E-state index is 0.111. The van der Waals surface area contributed by atoms with Crippen LogP contribution in [0.25, 0.3) is 0 Å². The Balaban J connectivity index is 1.99. The molecule has 21 heavy (non-hydrogen) atoms. The van der Waals surface area contributed by atoms with Crippen molar-refractivity contribution in [2.45, 2.75) is 39.2 Å². The van der Waals surface area contributed by atoms with E-state index in [1.807, 2.05) is 17.7 Å². The molecule has 0 atom stereocenters. The molecule has 2 aromatic heterocycles. The zero-order chi connectivity index (χ0) is 15.5. The zero-order valence-electron chi connectivity index (χ0n) is 12.0. The van der Waals surface area contributed by atoms with Gasteiger partial charge in [0.05, 0.1) is 5.69 Å². The van der Waals surface area contributed by atoms with Gasteiger partial charge in [-0.15, -0.1) is 0 Å². The fourth-order valence-corrected chi connectivity index (χ4v) is 2.15. The van der Waals surface area contributed by atoms with Crippen molar-refractivity contribution in [3.8, 4) is 0 Å². The number of hydrogen-bond acceptors (Lipinski definition) is 3. The summed E-state index contributed by atoms with van der Waals surface area (Å²) in [7, 11) is 1.48. The van der Waals surface area contributed by atoms with Crippen LogP contribution in [0.1, 0.15) is 30.3 Å². The molecule has 2 rings (SSSR count). The Morgan fingerprint density at radius 1 is 1.29 bits per heavy atom. The number of aromatic nitrogens is 4. The van der Waals surface area contributed by atoms with Gasteiger partial charge >= 0.3 is 6.18 Å². The van der Waals surface area contributed by atoms with E-state index < -0.39 is 11.9 Å². The van der Waals surface area contributed by atoms with E-state index in [1.165, 1.54) is 17.9 Å². The van der Waals surface area contributed by atoms with Gasteiger partial charge in [-0.1, -0.05) is 6.92 Å². The van der Waals surface area contributed by atoms with Crippen LogP contribution in [0.2, 0.25) is 0 Å². The molecule has 0 fully saturated rings. The molecule has 2 aromatic rings. The van der Waals surface area contributed by atoms with Gasteiger partial charge in [0.25, 0.3) is 0 Å². The number of rotatable bonds is 6. The molecule has 0 saturated carbocycles. The highest BCUT2D eigenvalue weighted by Crippen LogP contribution is 2.30. The van der Waals surface area contributed by atoms with E-state index in [9.17, 15) is 13.2 Å². The summed E-state index contributed by atoms with van der Waals surface area (Å²) >= 11 is 0. The molecule has 0 unspecified atom stereocenters. The second kappa shape index (κ2) is 6.30. The number of hydrogen-bond donors (Lipinski definition) is 1. The highest BCUT2D eigenvalue weighted by Gasteiger charge is 2.36. The molecule has 0 aliphatic rings. The smallest absolute Gasteiger partial charge is 0.307 e. The van der Waals surface area contributed by atoms with Gasteiger partial charge in [-0.25, -0.2) is 0 Å². The lowest BCUT2D eigenvalue weighted by Gasteiger charge is -2.09. The number of nitrogens with one attached hydrogen (secondary N) is 1. The van der Waals surface area contributed by atoms with Gasteiger partial charge in [-0.2, -0.15) is 23.4 Å². The van der Waals surface area contributed by atoms with E-state index >= 15 is 0 Å². The van der Waals surface area contributed by atoms with Crippen molar-refractivity contribution in [1.82, 2.24) is 24.9 Å². The molecule has 0 bridgehead atoms. The van der Waals surface area contributed by atoms with Crippen molar-refractivity contribution in [1.29, 1.82) is 0 Å². The van der Waals surface area contributed by atoms with E-state index in [0.29, 0.717) is 6.54 Å². The minimum Gasteiger partial charge on any atom is -0.307 e. The quantitative estimate of drug-likeness (QED) is 0.891. The van der Waals surface area contributed by atoms with Crippen LogP contribution in [0, 0.1) is 0 Å². The van der Waals surface area contributed by atoms with Crippen molar-refractivity contribution < 1.29 is 13.2 Å². The summed E-state index contributed by atoms with van der Waals surface area (Å²) in [5, 5.41) is 10.7. The molecule has 2 heterocycles. The number of nitrogens with zero attached hydrogens (tertiary/aromatic N) is 4. The van der Waals surface area contributed by atoms with Crippen LogP contribution in [0.15, 0.2) is 18.5 Å². The molecule has 116 valence electrons. The maximum atomic E-state index is 12.8. The number of aryl methyl sites for hydroxylation is 2. The zero-order valence-corrected chi connectivity index (χ0v) is 12.0. The first-order valence-electron chi connectivity index (χ1n) is 6.73. The van der Waals surface area contributed by atoms with Crippen molar-refractivity contribution >= 4 is 0 Å². The topological polar surface area (TPSA) is 47.7 Å². The van der Waals surface area contributed by atoms with Crippen molar-refractivity contribution in [2.75, 3.05) is 0 Å². The normalized spacial score (nSPS) is 12.0. The molecular formula is C13H18F3N5. The highest BCUT2D eigenvalue weighted by molar-refractivity contribution is 5.20. The fourth-order valence-electron chi connectivity index (χ4n) is 2.15. The molecule has 0 saturated heterocycles. The molecule has 1 N–H and O–H groups in total. The van der Waals surface area contributed by atoms with Gasteiger partial charge in [0.1, 0.15) is 0 Å². The fraction of sp³-hybridized carbons (Fsp3) is 0.538. The first-order valence-corrected chi connectivity index (χ1v) is 6.73. The van der Waals surface area contributed by atoms with Crippen LogP contribution in [-0.2, 0) is 32.9 Å². The summed E-state index contributed by atoms with van der Waals surface area (Å²) in [6.07, 6.45) is -0.394. The number of alkyl halides is 3. The predicted molar refractivity (Wildman–Crippen MR) is 71.3 cm³/mol. The Kier molecular flexibility index (Phi) is 4.66. The van der Waals surface area contributed by atoms with Crippen LogP contribution in [0.5, 0.6) is 0 Å². The molecule has 5 nitrogen and oxygen atoms in total. The summed E-state index contributed by atoms with van der Waals surface area (Å²) in [4.78, 5) is 0. The third-order valence-electron chi connectivity index (χ3n) is 3.03. The lowest BCUT2D eigenvalue weighted by atomic mass is 10.2. The molecule has 8 heteroatoms. The summed E-state index contributed by atoms with van der Waals surface area (Å²) in [6.45, 7) is 3.42. The summed E-state index contributed by atoms with van der Waals surface area (Å²) in [6, 6.07) is 1.86. The van der Waals surface area contributed by atoms with Crippen LogP contribution in [-0.4, -0.2) is 19.6 Å². The number of halogens is 3. The molecule has 0 aromatic carbocycles. The molecular weight excluding hydrogens is 283 g/mol. The third-order valence-corrected chi connectivity index (χ3v) is 3.03. The molecule has 0 aliphatic heterocycles. The van der Waals surface area contributed by atoms with E-state index in [4.69, 9.17) is 0 Å². The monoisotopic (exact) mass is 301 g/mol. The molecule has 0 amide bonds. The second-order valence-electron chi connectivity index (χ2n) is 4.82. The van der Waals surface area contributed by atoms with E-state index in [-0.39, 0.29) is 12.1 Å². The van der Waals surface area contributed by atoms with Gasteiger partial charge in [0.15, 0.2) is 5.69 Å². The largest absolute Gasteiger partial charge is 0.435 e. The first-order chi connectivity index (χ1) is 9.91. The highest BCUT2D eigenvalue weighted by atomic mass is 19.4. The minimum atomic E-state index is -4.43. The van der Waals surface area contributed by atoms with Crippen LogP contribution in [0.3, 0.4) is 0 Å². The van der Waals surface area contributed by atoms with Gasteiger partial charge in [-0.05, 0) is 12.5 Å². The molecule has 0 radical (unpaired) electrons. The lowest BCUT2D eigenvalue weighted by Crippen LogP contribution is -2.18. The predicted octanol–water partition coefficient (Wildman–Crippen LogP) is 2.34. The summed E-state index contributed by atoms with van der Waals surface area (Å²) in [5.41, 5.74) is 0.264. The van der Waals surface area contributed by atoms with Crippen LogP contribution < -0.4 is 5.32 Å². The van der Waals surface area contributed by atoms with Crippen molar-refractivity contribution in [2.24, 2.45) is 7.05 Å². The first kappa shape index (κ1) is 15.6. The Bertz CT molecular complexity index is 585. The average Bonchev–Trinajstić information content (AvgIpc) is 2.97. The van der Waals surface area contributed by atoms with Gasteiger partial charge in [0, 0.05) is 44.6 Å². The summed E-state index contributed by atoms with van der Waals surface area (Å²) in [5.74, 6) is 0. The Labute approximate surface area is 120 Å². The maximum absolute atomic E-state index is 12.8. The Morgan fingerprint density at radius 2 is 2.05 bits per heavy atom. The molecule has 0 aliphatic carbocycles. The standard InChI is InChI=1S/C13H18F3N5/c1-3-6-21-11(4-5-18-21)8-17-7-10-9-20(2)19-12(10)13(14,15)16/h4-5,9,17H,3,6-8H2,1-2H3. The van der Waals surface area contributed by atoms with E-state index in [1.54, 1.807) is 6.20 Å². The third kappa shape index (κ3) is 3.84. The van der Waals surface area contributed by atoms with Crippen LogP contribution >= 0.6 is 0 Å². The average molecular weight is 301 g/mol. The van der Waals surface area contributed by atoms with Gasteiger partial charge in [-0.3, -0.25) is 9.36 Å². The van der Waals surface area contributed by atoms with Gasteiger partial charge < -0.3 is 5.32 Å². The van der Waals surface area contributed by atoms with Crippen molar-refractivity contribution in [3.63, 3.8) is 0 Å². The lowest BCUT2D eigenvalue weighted by molar-refractivity contribution is -0.142. The summed E-state index contributed by atoms with van der Waals surface area (Å²) < 4.78 is 41.5. The Morgan fingerprint density at radius 3 is 2.71 bits per heavy atom. The second-order valence-corrected chi connectivity index (χ2v) is 4.82.